The number of carbonyl (C=O) groups excluding carboxylic acids is 2. The summed E-state index contributed by atoms with van der Waals surface area (Å²) in [5.74, 6) is -1.53. The molecule has 2 amide bonds. The second-order valence-corrected chi connectivity index (χ2v) is 6.57. The number of nitrogens with zero attached hydrogens (tertiary/aromatic N) is 1. The van der Waals surface area contributed by atoms with Crippen LogP contribution in [0.5, 0.6) is 5.75 Å². The highest BCUT2D eigenvalue weighted by Gasteiger charge is 2.45. The van der Waals surface area contributed by atoms with Crippen LogP contribution < -0.4 is 5.32 Å². The van der Waals surface area contributed by atoms with Crippen LogP contribution in [-0.4, -0.2) is 43.6 Å². The highest BCUT2D eigenvalue weighted by Crippen LogP contribution is 2.39. The van der Waals surface area contributed by atoms with Crippen molar-refractivity contribution in [3.8, 4) is 5.75 Å². The molecule has 2 heterocycles. The molecule has 0 aliphatic carbocycles. The summed E-state index contributed by atoms with van der Waals surface area (Å²) in [7, 11) is 0. The molecular weight excluding hydrogens is 320 g/mol. The molecule has 1 unspecified atom stereocenters. The number of β-lactam (4-membered cyclic amide) rings is 1. The van der Waals surface area contributed by atoms with Gasteiger partial charge in [-0.3, -0.25) is 14.5 Å². The van der Waals surface area contributed by atoms with E-state index >= 15 is 0 Å². The van der Waals surface area contributed by atoms with Crippen LogP contribution in [-0.2, 0) is 20.8 Å². The van der Waals surface area contributed by atoms with Crippen molar-refractivity contribution in [3.05, 3.63) is 41.6 Å². The molecule has 8 heteroatoms. The van der Waals surface area contributed by atoms with Gasteiger partial charge in [0.25, 0.3) is 0 Å². The number of aromatic hydroxyl groups is 1. The van der Waals surface area contributed by atoms with Crippen molar-refractivity contribution in [1.82, 2.24) is 10.2 Å². The van der Waals surface area contributed by atoms with E-state index in [2.05, 4.69) is 5.32 Å². The molecule has 2 atom stereocenters. The lowest BCUT2D eigenvalue weighted by molar-refractivity contribution is -0.146. The van der Waals surface area contributed by atoms with Gasteiger partial charge in [0.05, 0.1) is 23.6 Å². The average Bonchev–Trinajstić information content (AvgIpc) is 2.48. The summed E-state index contributed by atoms with van der Waals surface area (Å²) < 4.78 is 0. The molecule has 0 bridgehead atoms. The van der Waals surface area contributed by atoms with Crippen LogP contribution in [0.4, 0.5) is 0 Å². The first-order chi connectivity index (χ1) is 10.9. The first-order valence-corrected chi connectivity index (χ1v) is 7.88. The predicted molar refractivity (Wildman–Crippen MR) is 82.3 cm³/mol. The minimum atomic E-state index is -1.18. The molecule has 1 aromatic carbocycles. The average molecular weight is 334 g/mol. The summed E-state index contributed by atoms with van der Waals surface area (Å²) in [6, 6.07) is 6.29. The number of carbonyl (C=O) groups is 3. The van der Waals surface area contributed by atoms with E-state index in [1.54, 1.807) is 12.1 Å². The Morgan fingerprint density at radius 1 is 1.30 bits per heavy atom. The van der Waals surface area contributed by atoms with Crippen LogP contribution in [0, 0.1) is 0 Å². The fraction of sp³-hybridized carbons (Fsp3) is 0.267. The zero-order valence-corrected chi connectivity index (χ0v) is 12.7. The zero-order chi connectivity index (χ0) is 16.6. The number of hydrogen-bond acceptors (Lipinski definition) is 5. The van der Waals surface area contributed by atoms with Crippen molar-refractivity contribution in [2.24, 2.45) is 0 Å². The van der Waals surface area contributed by atoms with Gasteiger partial charge in [0.1, 0.15) is 11.4 Å². The number of nitrogens with one attached hydrogen (secondary N) is 1. The van der Waals surface area contributed by atoms with E-state index in [9.17, 15) is 24.6 Å². The van der Waals surface area contributed by atoms with Gasteiger partial charge in [-0.1, -0.05) is 12.1 Å². The lowest BCUT2D eigenvalue weighted by Gasteiger charge is -2.44. The first kappa shape index (κ1) is 15.4. The number of aliphatic carboxylic acids is 1. The third-order valence-electron chi connectivity index (χ3n) is 3.60. The standard InChI is InChI=1S/C15H14N2O5S/c18-9-3-1-8(2-4-9)5-11(19)16-12-6-10(15(21)22)17-13(20)7-14(17)23-12/h1-4,6,12,14,18H,5,7H2,(H,16,19)(H,21,22)/t12?,14-/m1/s1. The van der Waals surface area contributed by atoms with Gasteiger partial charge in [-0.25, -0.2) is 4.79 Å². The molecule has 0 saturated carbocycles. The Morgan fingerprint density at radius 2 is 2.00 bits per heavy atom. The highest BCUT2D eigenvalue weighted by molar-refractivity contribution is 8.00. The van der Waals surface area contributed by atoms with Gasteiger partial charge >= 0.3 is 5.97 Å². The number of carboxylic acid groups (broad SMARTS) is 1. The zero-order valence-electron chi connectivity index (χ0n) is 11.9. The molecule has 3 rings (SSSR count). The summed E-state index contributed by atoms with van der Waals surface area (Å²) in [5.41, 5.74) is 0.656. The Hall–Kier alpha value is -2.48. The van der Waals surface area contributed by atoms with Crippen LogP contribution in [0.2, 0.25) is 0 Å². The lowest BCUT2D eigenvalue weighted by Crippen LogP contribution is -2.55. The Balaban J connectivity index is 1.66. The quantitative estimate of drug-likeness (QED) is 0.698. The van der Waals surface area contributed by atoms with E-state index in [0.717, 1.165) is 5.56 Å². The highest BCUT2D eigenvalue weighted by atomic mass is 32.2. The Labute approximate surface area is 136 Å². The molecule has 0 aromatic heterocycles. The third kappa shape index (κ3) is 3.16. The molecule has 120 valence electrons. The van der Waals surface area contributed by atoms with E-state index in [4.69, 9.17) is 0 Å². The fourth-order valence-corrected chi connectivity index (χ4v) is 3.81. The van der Waals surface area contributed by atoms with E-state index < -0.39 is 11.3 Å². The number of fused-ring (bicyclic) bond motifs is 1. The molecule has 1 aromatic rings. The van der Waals surface area contributed by atoms with Crippen LogP contribution in [0.15, 0.2) is 36.0 Å². The Morgan fingerprint density at radius 3 is 2.61 bits per heavy atom. The van der Waals surface area contributed by atoms with Crippen molar-refractivity contribution in [2.45, 2.75) is 23.6 Å². The maximum absolute atomic E-state index is 12.1. The van der Waals surface area contributed by atoms with E-state index in [-0.39, 0.29) is 41.5 Å². The molecule has 2 aliphatic rings. The van der Waals surface area contributed by atoms with Crippen LogP contribution in [0.3, 0.4) is 0 Å². The topological polar surface area (TPSA) is 107 Å². The second kappa shape index (κ2) is 5.96. The van der Waals surface area contributed by atoms with Crippen molar-refractivity contribution in [2.75, 3.05) is 0 Å². The second-order valence-electron chi connectivity index (χ2n) is 5.25. The summed E-state index contributed by atoms with van der Waals surface area (Å²) in [5, 5.41) is 20.4. The maximum Gasteiger partial charge on any atom is 0.352 e. The number of benzene rings is 1. The van der Waals surface area contributed by atoms with Crippen LogP contribution in [0.25, 0.3) is 0 Å². The molecule has 23 heavy (non-hydrogen) atoms. The van der Waals surface area contributed by atoms with Gasteiger partial charge in [-0.2, -0.15) is 0 Å². The van der Waals surface area contributed by atoms with Gasteiger partial charge in [0.2, 0.25) is 11.8 Å². The number of amides is 2. The minimum Gasteiger partial charge on any atom is -0.508 e. The third-order valence-corrected chi connectivity index (χ3v) is 4.84. The van der Waals surface area contributed by atoms with Crippen molar-refractivity contribution >= 4 is 29.5 Å². The number of rotatable bonds is 4. The lowest BCUT2D eigenvalue weighted by atomic mass is 10.1. The smallest absolute Gasteiger partial charge is 0.352 e. The Bertz CT molecular complexity index is 700. The monoisotopic (exact) mass is 334 g/mol. The first-order valence-electron chi connectivity index (χ1n) is 6.94. The maximum atomic E-state index is 12.1. The van der Waals surface area contributed by atoms with Gasteiger partial charge < -0.3 is 15.5 Å². The van der Waals surface area contributed by atoms with Crippen molar-refractivity contribution in [1.29, 1.82) is 0 Å². The van der Waals surface area contributed by atoms with Gasteiger partial charge in [0.15, 0.2) is 0 Å². The number of thioether (sulfide) groups is 1. The van der Waals surface area contributed by atoms with Gasteiger partial charge in [-0.05, 0) is 23.8 Å². The SMILES string of the molecule is O=C(Cc1ccc(O)cc1)NC1C=C(C(=O)O)N2C(=O)C[C@H]2S1. The van der Waals surface area contributed by atoms with Crippen molar-refractivity contribution in [3.63, 3.8) is 0 Å². The minimum absolute atomic E-state index is 0.0834. The largest absolute Gasteiger partial charge is 0.508 e. The molecule has 7 nitrogen and oxygen atoms in total. The number of hydrogen-bond donors (Lipinski definition) is 3. The normalized spacial score (nSPS) is 22.7. The molecule has 1 saturated heterocycles. The van der Waals surface area contributed by atoms with Crippen molar-refractivity contribution < 1.29 is 24.6 Å². The summed E-state index contributed by atoms with van der Waals surface area (Å²) >= 11 is 1.34. The number of carboxylic acids is 1. The number of phenols is 1. The molecule has 2 aliphatic heterocycles. The molecule has 1 fully saturated rings. The number of phenolic OH excluding ortho intramolecular Hbond substituents is 1. The van der Waals surface area contributed by atoms with Gasteiger partial charge in [0, 0.05) is 0 Å². The van der Waals surface area contributed by atoms with E-state index in [1.807, 2.05) is 0 Å². The molecule has 3 N–H and O–H groups in total. The predicted octanol–water partition coefficient (Wildman–Crippen LogP) is 0.651. The van der Waals surface area contributed by atoms with Crippen LogP contribution >= 0.6 is 11.8 Å². The summed E-state index contributed by atoms with van der Waals surface area (Å²) in [4.78, 5) is 36.0. The van der Waals surface area contributed by atoms with E-state index in [1.165, 1.54) is 34.9 Å². The summed E-state index contributed by atoms with van der Waals surface area (Å²) in [6.45, 7) is 0. The molecule has 0 radical (unpaired) electrons. The molecular formula is C15H14N2O5S. The van der Waals surface area contributed by atoms with Gasteiger partial charge in [-0.15, -0.1) is 11.8 Å². The summed E-state index contributed by atoms with van der Waals surface area (Å²) in [6.07, 6.45) is 1.79. The fourth-order valence-electron chi connectivity index (χ4n) is 2.48. The van der Waals surface area contributed by atoms with Crippen LogP contribution in [0.1, 0.15) is 12.0 Å². The van der Waals surface area contributed by atoms with E-state index in [0.29, 0.717) is 0 Å². The Kier molecular flexibility index (Phi) is 3.99. The molecule has 0 spiro atoms.